The lowest BCUT2D eigenvalue weighted by molar-refractivity contribution is -0.171. The van der Waals surface area contributed by atoms with Gasteiger partial charge in [-0.15, -0.1) is 0 Å². The van der Waals surface area contributed by atoms with Gasteiger partial charge in [0, 0.05) is 36.7 Å². The minimum Gasteiger partial charge on any atom is -0.462 e. The van der Waals surface area contributed by atoms with Crippen LogP contribution in [0.15, 0.2) is 12.2 Å². The molecule has 8 nitrogen and oxygen atoms in total. The SMILES string of the molecule is C=C1C(=O)O[C@H]2[C@H](O)[C@@H](C)[C@@H]3[C@@H](OC(=O)CC(C)C)C[C@@H](O)[C@@]3(C)[C@H](OC(C)=O)[C@H]12. The van der Waals surface area contributed by atoms with Crippen LogP contribution in [-0.2, 0) is 28.6 Å². The molecule has 0 aromatic carbocycles. The number of rotatable bonds is 4. The molecule has 30 heavy (non-hydrogen) atoms. The van der Waals surface area contributed by atoms with Crippen LogP contribution in [0, 0.1) is 29.1 Å². The van der Waals surface area contributed by atoms with E-state index < -0.39 is 65.6 Å². The number of ether oxygens (including phenoxy) is 3. The van der Waals surface area contributed by atoms with Gasteiger partial charge in [-0.1, -0.05) is 34.3 Å². The van der Waals surface area contributed by atoms with Crippen molar-refractivity contribution in [3.8, 4) is 0 Å². The smallest absolute Gasteiger partial charge is 0.334 e. The van der Waals surface area contributed by atoms with Gasteiger partial charge < -0.3 is 24.4 Å². The molecule has 3 rings (SSSR count). The van der Waals surface area contributed by atoms with Gasteiger partial charge in [-0.2, -0.15) is 0 Å². The van der Waals surface area contributed by atoms with Gasteiger partial charge in [-0.3, -0.25) is 9.59 Å². The molecule has 0 spiro atoms. The molecule has 0 aromatic rings. The molecule has 1 heterocycles. The Hall–Kier alpha value is -1.93. The monoisotopic (exact) mass is 424 g/mol. The standard InChI is InChI=1S/C22H32O8/c1-9(2)7-15(25)29-13-8-14(24)22(6)17(13)11(4)18(26)19-16(10(3)21(27)30-19)20(22)28-12(5)23/h9,11,13-14,16-20,24,26H,3,7-8H2,1-2,4-6H3/t11-,13-,14+,16+,17+,18+,19+,20+,22+/m0/s1. The molecule has 2 saturated carbocycles. The van der Waals surface area contributed by atoms with Crippen LogP contribution in [-0.4, -0.2) is 58.6 Å². The van der Waals surface area contributed by atoms with E-state index in [-0.39, 0.29) is 30.3 Å². The third kappa shape index (κ3) is 3.54. The average Bonchev–Trinajstić information content (AvgIpc) is 3.02. The van der Waals surface area contributed by atoms with Crippen LogP contribution in [0.25, 0.3) is 0 Å². The second-order valence-corrected chi connectivity index (χ2v) is 9.57. The van der Waals surface area contributed by atoms with E-state index in [1.165, 1.54) is 6.92 Å². The topological polar surface area (TPSA) is 119 Å². The summed E-state index contributed by atoms with van der Waals surface area (Å²) >= 11 is 0. The maximum Gasteiger partial charge on any atom is 0.334 e. The van der Waals surface area contributed by atoms with E-state index in [9.17, 15) is 24.6 Å². The van der Waals surface area contributed by atoms with E-state index in [0.717, 1.165) is 0 Å². The number of hydrogen-bond donors (Lipinski definition) is 2. The maximum atomic E-state index is 12.4. The van der Waals surface area contributed by atoms with Crippen molar-refractivity contribution in [2.45, 2.75) is 78.0 Å². The fourth-order valence-corrected chi connectivity index (χ4v) is 5.72. The summed E-state index contributed by atoms with van der Waals surface area (Å²) in [7, 11) is 0. The molecule has 1 aliphatic heterocycles. The number of hydrogen-bond acceptors (Lipinski definition) is 8. The lowest BCUT2D eigenvalue weighted by Gasteiger charge is -2.43. The van der Waals surface area contributed by atoms with Gasteiger partial charge in [0.25, 0.3) is 0 Å². The Bertz CT molecular complexity index is 745. The molecule has 0 bridgehead atoms. The molecule has 0 radical (unpaired) electrons. The molecule has 0 amide bonds. The molecule has 3 aliphatic rings. The highest BCUT2D eigenvalue weighted by molar-refractivity contribution is 5.91. The van der Waals surface area contributed by atoms with E-state index in [4.69, 9.17) is 14.2 Å². The summed E-state index contributed by atoms with van der Waals surface area (Å²) in [6, 6.07) is 0. The minimum absolute atomic E-state index is 0.104. The van der Waals surface area contributed by atoms with Crippen molar-refractivity contribution >= 4 is 17.9 Å². The molecule has 2 aliphatic carbocycles. The van der Waals surface area contributed by atoms with Gasteiger partial charge in [0.05, 0.1) is 18.1 Å². The molecular weight excluding hydrogens is 392 g/mol. The third-order valence-electron chi connectivity index (χ3n) is 7.09. The minimum atomic E-state index is -1.10. The van der Waals surface area contributed by atoms with Gasteiger partial charge in [-0.05, 0) is 11.8 Å². The second-order valence-electron chi connectivity index (χ2n) is 9.57. The fraction of sp³-hybridized carbons (Fsp3) is 0.773. The normalized spacial score (nSPS) is 42.9. The Kier molecular flexibility index (Phi) is 6.04. The van der Waals surface area contributed by atoms with Crippen molar-refractivity contribution in [1.82, 2.24) is 0 Å². The third-order valence-corrected chi connectivity index (χ3v) is 7.09. The summed E-state index contributed by atoms with van der Waals surface area (Å²) < 4.78 is 16.8. The van der Waals surface area contributed by atoms with Crippen molar-refractivity contribution in [2.75, 3.05) is 0 Å². The number of fused-ring (bicyclic) bond motifs is 2. The highest BCUT2D eigenvalue weighted by atomic mass is 16.6. The summed E-state index contributed by atoms with van der Waals surface area (Å²) in [5, 5.41) is 22.2. The first kappa shape index (κ1) is 22.7. The molecule has 0 aromatic heterocycles. The quantitative estimate of drug-likeness (QED) is 0.395. The molecule has 0 unspecified atom stereocenters. The molecule has 3 fully saturated rings. The van der Waals surface area contributed by atoms with E-state index in [0.29, 0.717) is 0 Å². The fourth-order valence-electron chi connectivity index (χ4n) is 5.72. The largest absolute Gasteiger partial charge is 0.462 e. The first-order valence-electron chi connectivity index (χ1n) is 10.5. The van der Waals surface area contributed by atoms with Gasteiger partial charge in [0.1, 0.15) is 18.3 Å². The molecule has 168 valence electrons. The van der Waals surface area contributed by atoms with Crippen molar-refractivity contribution in [3.05, 3.63) is 12.2 Å². The van der Waals surface area contributed by atoms with Crippen molar-refractivity contribution in [1.29, 1.82) is 0 Å². The number of carbonyl (C=O) groups is 3. The van der Waals surface area contributed by atoms with Crippen LogP contribution in [0.2, 0.25) is 0 Å². The number of aliphatic hydroxyl groups excluding tert-OH is 2. The summed E-state index contributed by atoms with van der Waals surface area (Å²) in [4.78, 5) is 36.6. The first-order chi connectivity index (χ1) is 13.9. The van der Waals surface area contributed by atoms with Crippen LogP contribution in [0.1, 0.15) is 47.5 Å². The van der Waals surface area contributed by atoms with Gasteiger partial charge in [0.2, 0.25) is 0 Å². The zero-order valence-electron chi connectivity index (χ0n) is 18.2. The predicted octanol–water partition coefficient (Wildman–Crippen LogP) is 1.37. The lowest BCUT2D eigenvalue weighted by Crippen LogP contribution is -2.51. The Morgan fingerprint density at radius 2 is 1.93 bits per heavy atom. The molecule has 9 atom stereocenters. The summed E-state index contributed by atoms with van der Waals surface area (Å²) in [5.41, 5.74) is -0.975. The van der Waals surface area contributed by atoms with Gasteiger partial charge in [-0.25, -0.2) is 4.79 Å². The van der Waals surface area contributed by atoms with Crippen LogP contribution < -0.4 is 0 Å². The van der Waals surface area contributed by atoms with E-state index in [2.05, 4.69) is 6.58 Å². The van der Waals surface area contributed by atoms with E-state index >= 15 is 0 Å². The first-order valence-corrected chi connectivity index (χ1v) is 10.5. The van der Waals surface area contributed by atoms with Crippen molar-refractivity contribution < 1.29 is 38.8 Å². The van der Waals surface area contributed by atoms with Crippen LogP contribution in [0.4, 0.5) is 0 Å². The average molecular weight is 424 g/mol. The Labute approximate surface area is 176 Å². The van der Waals surface area contributed by atoms with Crippen molar-refractivity contribution in [3.63, 3.8) is 0 Å². The highest BCUT2D eigenvalue weighted by Gasteiger charge is 2.68. The number of aliphatic hydroxyl groups is 2. The Morgan fingerprint density at radius 1 is 1.30 bits per heavy atom. The number of esters is 3. The van der Waals surface area contributed by atoms with Gasteiger partial charge >= 0.3 is 17.9 Å². The van der Waals surface area contributed by atoms with E-state index in [1.807, 2.05) is 13.8 Å². The van der Waals surface area contributed by atoms with Gasteiger partial charge in [0.15, 0.2) is 0 Å². The molecule has 8 heteroatoms. The summed E-state index contributed by atoms with van der Waals surface area (Å²) in [6.07, 6.45) is -4.28. The number of carbonyl (C=O) groups excluding carboxylic acids is 3. The Morgan fingerprint density at radius 3 is 2.50 bits per heavy atom. The molecule has 2 N–H and O–H groups in total. The van der Waals surface area contributed by atoms with Crippen LogP contribution in [0.3, 0.4) is 0 Å². The lowest BCUT2D eigenvalue weighted by atomic mass is 9.66. The second kappa shape index (κ2) is 7.96. The molecular formula is C22H32O8. The maximum absolute atomic E-state index is 12.4. The predicted molar refractivity (Wildman–Crippen MR) is 105 cm³/mol. The van der Waals surface area contributed by atoms with Crippen LogP contribution >= 0.6 is 0 Å². The zero-order valence-corrected chi connectivity index (χ0v) is 18.2. The summed E-state index contributed by atoms with van der Waals surface area (Å²) in [6.45, 7) is 12.4. The summed E-state index contributed by atoms with van der Waals surface area (Å²) in [5.74, 6) is -3.31. The molecule has 1 saturated heterocycles. The zero-order chi connectivity index (χ0) is 22.5. The van der Waals surface area contributed by atoms with Crippen molar-refractivity contribution in [2.24, 2.45) is 29.1 Å². The Balaban J connectivity index is 2.06. The van der Waals surface area contributed by atoms with E-state index in [1.54, 1.807) is 13.8 Å². The van der Waals surface area contributed by atoms with Crippen LogP contribution in [0.5, 0.6) is 0 Å². The highest BCUT2D eigenvalue weighted by Crippen LogP contribution is 2.58.